The Labute approximate surface area is 184 Å². The van der Waals surface area contributed by atoms with Gasteiger partial charge in [0.2, 0.25) is 10.0 Å². The van der Waals surface area contributed by atoms with Gasteiger partial charge in [0, 0.05) is 26.2 Å². The molecule has 0 radical (unpaired) electrons. The number of esters is 1. The van der Waals surface area contributed by atoms with Crippen LogP contribution < -0.4 is 0 Å². The molecule has 172 valence electrons. The number of amides is 1. The molecule has 2 saturated heterocycles. The Morgan fingerprint density at radius 3 is 2.32 bits per heavy atom. The molecule has 0 saturated carbocycles. The monoisotopic (exact) mass is 452 g/mol. The van der Waals surface area contributed by atoms with Gasteiger partial charge in [0.15, 0.2) is 6.10 Å². The molecule has 2 aliphatic heterocycles. The number of ether oxygens (including phenoxy) is 2. The van der Waals surface area contributed by atoms with Crippen molar-refractivity contribution in [1.29, 1.82) is 0 Å². The lowest BCUT2D eigenvalue weighted by Gasteiger charge is -2.36. The van der Waals surface area contributed by atoms with Crippen LogP contribution in [0.2, 0.25) is 0 Å². The highest BCUT2D eigenvalue weighted by Crippen LogP contribution is 2.25. The van der Waals surface area contributed by atoms with Gasteiger partial charge in [-0.15, -0.1) is 0 Å². The van der Waals surface area contributed by atoms with Crippen LogP contribution in [-0.4, -0.2) is 74.0 Å². The number of benzene rings is 1. The summed E-state index contributed by atoms with van der Waals surface area (Å²) in [6.07, 6.45) is 1.53. The van der Waals surface area contributed by atoms with Crippen LogP contribution in [0.1, 0.15) is 56.0 Å². The lowest BCUT2D eigenvalue weighted by atomic mass is 10.1. The highest BCUT2D eigenvalue weighted by Gasteiger charge is 2.32. The number of nitrogens with zero attached hydrogens (tertiary/aromatic N) is 2. The Hall–Kier alpha value is -1.97. The second kappa shape index (κ2) is 9.67. The van der Waals surface area contributed by atoms with Crippen LogP contribution in [0.3, 0.4) is 0 Å². The van der Waals surface area contributed by atoms with Crippen LogP contribution in [0.4, 0.5) is 0 Å². The van der Waals surface area contributed by atoms with Crippen molar-refractivity contribution in [2.75, 3.05) is 26.2 Å². The summed E-state index contributed by atoms with van der Waals surface area (Å²) in [6.45, 7) is 8.87. The molecule has 9 heteroatoms. The van der Waals surface area contributed by atoms with E-state index < -0.39 is 22.1 Å². The van der Waals surface area contributed by atoms with Crippen molar-refractivity contribution in [2.45, 2.75) is 70.2 Å². The smallest absolute Gasteiger partial charge is 0.338 e. The highest BCUT2D eigenvalue weighted by atomic mass is 32.2. The summed E-state index contributed by atoms with van der Waals surface area (Å²) in [7, 11) is -3.69. The Bertz CT molecular complexity index is 916. The minimum absolute atomic E-state index is 0.0877. The fraction of sp³-hybridized carbons (Fsp3) is 0.636. The summed E-state index contributed by atoms with van der Waals surface area (Å²) in [5.74, 6) is -1.01. The third-order valence-corrected chi connectivity index (χ3v) is 7.76. The van der Waals surface area contributed by atoms with Gasteiger partial charge >= 0.3 is 5.97 Å². The molecule has 0 aromatic heterocycles. The van der Waals surface area contributed by atoms with E-state index in [0.717, 1.165) is 19.3 Å². The molecule has 3 atom stereocenters. The number of morpholine rings is 1. The van der Waals surface area contributed by atoms with E-state index >= 15 is 0 Å². The number of carbonyl (C=O) groups excluding carboxylic acids is 2. The molecule has 0 bridgehead atoms. The molecule has 3 rings (SSSR count). The first kappa shape index (κ1) is 23.7. The van der Waals surface area contributed by atoms with Gasteiger partial charge < -0.3 is 14.4 Å². The Balaban J connectivity index is 1.73. The van der Waals surface area contributed by atoms with Gasteiger partial charge in [-0.3, -0.25) is 4.79 Å². The van der Waals surface area contributed by atoms with Crippen LogP contribution in [0, 0.1) is 6.92 Å². The molecule has 3 unspecified atom stereocenters. The quantitative estimate of drug-likeness (QED) is 0.637. The molecule has 31 heavy (non-hydrogen) atoms. The van der Waals surface area contributed by atoms with Crippen LogP contribution in [0.25, 0.3) is 0 Å². The fourth-order valence-electron chi connectivity index (χ4n) is 4.14. The van der Waals surface area contributed by atoms with Crippen molar-refractivity contribution in [3.8, 4) is 0 Å². The van der Waals surface area contributed by atoms with Gasteiger partial charge in [-0.05, 0) is 58.2 Å². The van der Waals surface area contributed by atoms with Crippen molar-refractivity contribution in [1.82, 2.24) is 9.21 Å². The summed E-state index contributed by atoms with van der Waals surface area (Å²) >= 11 is 0. The summed E-state index contributed by atoms with van der Waals surface area (Å²) in [4.78, 5) is 27.2. The average molecular weight is 453 g/mol. The number of aryl methyl sites for hydroxylation is 1. The van der Waals surface area contributed by atoms with Gasteiger partial charge in [-0.1, -0.05) is 12.5 Å². The summed E-state index contributed by atoms with van der Waals surface area (Å²) in [5, 5.41) is 0. The average Bonchev–Trinajstić information content (AvgIpc) is 2.73. The van der Waals surface area contributed by atoms with Crippen LogP contribution >= 0.6 is 0 Å². The van der Waals surface area contributed by atoms with Crippen LogP contribution in [0.5, 0.6) is 0 Å². The number of hydrogen-bond donors (Lipinski definition) is 0. The SMILES string of the molecule is Cc1ccc(C(=O)OC(C)C(=O)N2CC(C)OC(C)C2)cc1S(=O)(=O)N1CCCCC1. The van der Waals surface area contributed by atoms with Gasteiger partial charge in [-0.2, -0.15) is 4.31 Å². The predicted octanol–water partition coefficient (Wildman–Crippen LogP) is 2.35. The number of rotatable bonds is 5. The van der Waals surface area contributed by atoms with Crippen LogP contribution in [0.15, 0.2) is 23.1 Å². The van der Waals surface area contributed by atoms with Crippen LogP contribution in [-0.2, 0) is 24.3 Å². The first-order valence-corrected chi connectivity index (χ1v) is 12.3. The predicted molar refractivity (Wildman–Crippen MR) is 115 cm³/mol. The van der Waals surface area contributed by atoms with Gasteiger partial charge in [0.25, 0.3) is 5.91 Å². The molecule has 1 aromatic carbocycles. The molecule has 2 fully saturated rings. The molecule has 8 nitrogen and oxygen atoms in total. The lowest BCUT2D eigenvalue weighted by Crippen LogP contribution is -2.51. The van der Waals surface area contributed by atoms with Crippen molar-refractivity contribution in [3.05, 3.63) is 29.3 Å². The molecule has 1 aromatic rings. The second-order valence-corrected chi connectivity index (χ2v) is 10.4. The molecular weight excluding hydrogens is 420 g/mol. The second-order valence-electron chi connectivity index (χ2n) is 8.49. The van der Waals surface area contributed by atoms with E-state index in [1.165, 1.54) is 23.4 Å². The molecule has 1 amide bonds. The number of hydrogen-bond acceptors (Lipinski definition) is 6. The highest BCUT2D eigenvalue weighted by molar-refractivity contribution is 7.89. The molecule has 0 aliphatic carbocycles. The van der Waals surface area contributed by atoms with E-state index in [2.05, 4.69) is 0 Å². The normalized spacial score (nSPS) is 23.9. The van der Waals surface area contributed by atoms with E-state index in [1.807, 2.05) is 13.8 Å². The zero-order chi connectivity index (χ0) is 22.8. The third kappa shape index (κ3) is 5.45. The summed E-state index contributed by atoms with van der Waals surface area (Å²) in [6, 6.07) is 4.49. The first-order chi connectivity index (χ1) is 14.6. The molecule has 2 heterocycles. The Morgan fingerprint density at radius 1 is 1.10 bits per heavy atom. The largest absolute Gasteiger partial charge is 0.449 e. The summed E-state index contributed by atoms with van der Waals surface area (Å²) < 4.78 is 38.7. The molecule has 2 aliphatic rings. The maximum absolute atomic E-state index is 13.1. The molecular formula is C22H32N2O6S. The zero-order valence-corrected chi connectivity index (χ0v) is 19.5. The number of carbonyl (C=O) groups is 2. The minimum atomic E-state index is -3.69. The van der Waals surface area contributed by atoms with E-state index in [1.54, 1.807) is 17.9 Å². The van der Waals surface area contributed by atoms with Crippen molar-refractivity contribution in [2.24, 2.45) is 0 Å². The number of piperidine rings is 1. The van der Waals surface area contributed by atoms with Gasteiger partial charge in [-0.25, -0.2) is 13.2 Å². The lowest BCUT2D eigenvalue weighted by molar-refractivity contribution is -0.151. The Morgan fingerprint density at radius 2 is 1.71 bits per heavy atom. The molecule has 0 N–H and O–H groups in total. The van der Waals surface area contributed by atoms with Gasteiger partial charge in [0.05, 0.1) is 22.7 Å². The van der Waals surface area contributed by atoms with E-state index in [-0.39, 0.29) is 28.6 Å². The van der Waals surface area contributed by atoms with E-state index in [9.17, 15) is 18.0 Å². The maximum Gasteiger partial charge on any atom is 0.338 e. The maximum atomic E-state index is 13.1. The Kier molecular flexibility index (Phi) is 7.39. The third-order valence-electron chi connectivity index (χ3n) is 5.72. The van der Waals surface area contributed by atoms with Gasteiger partial charge in [0.1, 0.15) is 0 Å². The topological polar surface area (TPSA) is 93.2 Å². The van der Waals surface area contributed by atoms with Crippen molar-refractivity contribution >= 4 is 21.9 Å². The standard InChI is InChI=1S/C22H32N2O6S/c1-15-8-9-19(12-20(15)31(27,28)24-10-6-5-7-11-24)22(26)30-18(4)21(25)23-13-16(2)29-17(3)14-23/h8-9,12,16-18H,5-7,10-11,13-14H2,1-4H3. The zero-order valence-electron chi connectivity index (χ0n) is 18.7. The molecule has 0 spiro atoms. The number of sulfonamides is 1. The minimum Gasteiger partial charge on any atom is -0.449 e. The van der Waals surface area contributed by atoms with E-state index in [0.29, 0.717) is 31.7 Å². The van der Waals surface area contributed by atoms with E-state index in [4.69, 9.17) is 9.47 Å². The van der Waals surface area contributed by atoms with Crippen molar-refractivity contribution < 1.29 is 27.5 Å². The van der Waals surface area contributed by atoms with Crippen molar-refractivity contribution in [3.63, 3.8) is 0 Å². The summed E-state index contributed by atoms with van der Waals surface area (Å²) in [5.41, 5.74) is 0.687. The fourth-order valence-corrected chi connectivity index (χ4v) is 5.91. The first-order valence-electron chi connectivity index (χ1n) is 10.9.